The highest BCUT2D eigenvalue weighted by molar-refractivity contribution is 7.89. The third-order valence-corrected chi connectivity index (χ3v) is 5.64. The molecule has 1 aliphatic rings. The first-order valence-electron chi connectivity index (χ1n) is 6.35. The third kappa shape index (κ3) is 3.65. The Labute approximate surface area is 114 Å². The molecule has 1 fully saturated rings. The summed E-state index contributed by atoms with van der Waals surface area (Å²) in [7, 11) is -1.90. The Bertz CT molecular complexity index is 402. The topological polar surface area (TPSA) is 92.9 Å². The summed E-state index contributed by atoms with van der Waals surface area (Å²) in [6, 6.07) is -0.492. The number of nitrogens with two attached hydrogens (primary N) is 1. The number of nitrogens with zero attached hydrogens (tertiary/aromatic N) is 2. The van der Waals surface area contributed by atoms with E-state index in [2.05, 4.69) is 0 Å². The standard InChI is InChI=1S/C11H23N3O4S/c1-9(2)19(16,17)14-6-4-13(5-7-14)10(8-12)11(15)18-3/h9-10H,4-8,12H2,1-3H3/t10-/m0/s1. The maximum Gasteiger partial charge on any atom is 0.324 e. The van der Waals surface area contributed by atoms with Crippen molar-refractivity contribution in [3.8, 4) is 0 Å². The average Bonchev–Trinajstić information content (AvgIpc) is 2.39. The zero-order valence-corrected chi connectivity index (χ0v) is 12.5. The maximum atomic E-state index is 12.0. The van der Waals surface area contributed by atoms with Crippen molar-refractivity contribution in [1.82, 2.24) is 9.21 Å². The second-order valence-electron chi connectivity index (χ2n) is 4.80. The van der Waals surface area contributed by atoms with Crippen molar-refractivity contribution in [3.05, 3.63) is 0 Å². The number of ether oxygens (including phenoxy) is 1. The minimum Gasteiger partial charge on any atom is -0.468 e. The number of rotatable bonds is 5. The zero-order chi connectivity index (χ0) is 14.6. The zero-order valence-electron chi connectivity index (χ0n) is 11.7. The number of methoxy groups -OCH3 is 1. The molecule has 0 aromatic carbocycles. The molecule has 1 saturated heterocycles. The van der Waals surface area contributed by atoms with Crippen LogP contribution >= 0.6 is 0 Å². The molecular formula is C11H23N3O4S. The summed E-state index contributed by atoms with van der Waals surface area (Å²) in [5.74, 6) is -0.373. The second kappa shape index (κ2) is 6.65. The van der Waals surface area contributed by atoms with E-state index in [9.17, 15) is 13.2 Å². The molecule has 19 heavy (non-hydrogen) atoms. The number of piperazine rings is 1. The van der Waals surface area contributed by atoms with E-state index in [1.807, 2.05) is 4.90 Å². The van der Waals surface area contributed by atoms with Gasteiger partial charge < -0.3 is 10.5 Å². The van der Waals surface area contributed by atoms with Gasteiger partial charge in [0.1, 0.15) is 6.04 Å². The van der Waals surface area contributed by atoms with Crippen molar-refractivity contribution in [1.29, 1.82) is 0 Å². The number of esters is 1. The lowest BCUT2D eigenvalue weighted by Crippen LogP contribution is -2.56. The highest BCUT2D eigenvalue weighted by Crippen LogP contribution is 2.14. The average molecular weight is 293 g/mol. The van der Waals surface area contributed by atoms with Crippen LogP contribution in [0, 0.1) is 0 Å². The predicted octanol–water partition coefficient (Wildman–Crippen LogP) is -1.16. The molecule has 0 aromatic rings. The van der Waals surface area contributed by atoms with Gasteiger partial charge in [0.2, 0.25) is 10.0 Å². The van der Waals surface area contributed by atoms with Crippen molar-refractivity contribution >= 4 is 16.0 Å². The van der Waals surface area contributed by atoms with Crippen LogP contribution in [0.5, 0.6) is 0 Å². The molecule has 0 bridgehead atoms. The Hall–Kier alpha value is -0.700. The summed E-state index contributed by atoms with van der Waals surface area (Å²) in [4.78, 5) is 13.4. The fourth-order valence-corrected chi connectivity index (χ4v) is 3.37. The normalized spacial score (nSPS) is 20.5. The number of carbonyl (C=O) groups is 1. The predicted molar refractivity (Wildman–Crippen MR) is 72.1 cm³/mol. The van der Waals surface area contributed by atoms with Gasteiger partial charge in [0, 0.05) is 32.7 Å². The van der Waals surface area contributed by atoms with Crippen LogP contribution in [-0.2, 0) is 19.6 Å². The van der Waals surface area contributed by atoms with E-state index >= 15 is 0 Å². The minimum absolute atomic E-state index is 0.170. The van der Waals surface area contributed by atoms with Crippen LogP contribution < -0.4 is 5.73 Å². The SMILES string of the molecule is COC(=O)[C@H](CN)N1CCN(S(=O)(=O)C(C)C)CC1. The number of hydrogen-bond donors (Lipinski definition) is 1. The van der Waals surface area contributed by atoms with Crippen LogP contribution in [-0.4, -0.2) is 74.7 Å². The lowest BCUT2D eigenvalue weighted by molar-refractivity contribution is -0.147. The molecule has 1 heterocycles. The van der Waals surface area contributed by atoms with Gasteiger partial charge in [0.15, 0.2) is 0 Å². The molecule has 0 aromatic heterocycles. The Morgan fingerprint density at radius 2 is 1.79 bits per heavy atom. The van der Waals surface area contributed by atoms with E-state index < -0.39 is 21.3 Å². The van der Waals surface area contributed by atoms with Gasteiger partial charge in [-0.25, -0.2) is 8.42 Å². The summed E-state index contributed by atoms with van der Waals surface area (Å²) >= 11 is 0. The quantitative estimate of drug-likeness (QED) is 0.643. The lowest BCUT2D eigenvalue weighted by Gasteiger charge is -2.37. The first-order chi connectivity index (χ1) is 8.84. The molecule has 8 heteroatoms. The Kier molecular flexibility index (Phi) is 5.72. The smallest absolute Gasteiger partial charge is 0.324 e. The van der Waals surface area contributed by atoms with Crippen LogP contribution in [0.4, 0.5) is 0 Å². The highest BCUT2D eigenvalue weighted by atomic mass is 32.2. The molecule has 0 spiro atoms. The summed E-state index contributed by atoms with van der Waals surface area (Å²) < 4.78 is 30.2. The largest absolute Gasteiger partial charge is 0.468 e. The molecule has 0 amide bonds. The minimum atomic E-state index is -3.22. The molecule has 0 saturated carbocycles. The Morgan fingerprint density at radius 3 is 2.16 bits per heavy atom. The van der Waals surface area contributed by atoms with Gasteiger partial charge >= 0.3 is 5.97 Å². The molecule has 1 atom stereocenters. The number of sulfonamides is 1. The van der Waals surface area contributed by atoms with Crippen molar-refractivity contribution in [3.63, 3.8) is 0 Å². The van der Waals surface area contributed by atoms with Gasteiger partial charge in [-0.15, -0.1) is 0 Å². The summed E-state index contributed by atoms with van der Waals surface area (Å²) in [5, 5.41) is -0.426. The number of carbonyl (C=O) groups excluding carboxylic acids is 1. The van der Waals surface area contributed by atoms with E-state index in [-0.39, 0.29) is 12.5 Å². The van der Waals surface area contributed by atoms with Crippen LogP contribution in [0.3, 0.4) is 0 Å². The first kappa shape index (κ1) is 16.4. The van der Waals surface area contributed by atoms with Crippen LogP contribution in [0.15, 0.2) is 0 Å². The molecule has 1 rings (SSSR count). The van der Waals surface area contributed by atoms with Crippen molar-refractivity contribution in [2.45, 2.75) is 25.1 Å². The van der Waals surface area contributed by atoms with E-state index in [0.717, 1.165) is 0 Å². The Balaban J connectivity index is 2.65. The molecule has 0 unspecified atom stereocenters. The van der Waals surface area contributed by atoms with Crippen molar-refractivity contribution < 1.29 is 17.9 Å². The van der Waals surface area contributed by atoms with E-state index in [4.69, 9.17) is 10.5 Å². The van der Waals surface area contributed by atoms with E-state index in [1.165, 1.54) is 11.4 Å². The highest BCUT2D eigenvalue weighted by Gasteiger charge is 2.33. The second-order valence-corrected chi connectivity index (χ2v) is 7.29. The summed E-state index contributed by atoms with van der Waals surface area (Å²) in [5.41, 5.74) is 5.57. The van der Waals surface area contributed by atoms with Gasteiger partial charge in [-0.2, -0.15) is 4.31 Å². The van der Waals surface area contributed by atoms with Crippen LogP contribution in [0.25, 0.3) is 0 Å². The molecule has 7 nitrogen and oxygen atoms in total. The fourth-order valence-electron chi connectivity index (χ4n) is 2.10. The molecule has 112 valence electrons. The third-order valence-electron chi connectivity index (χ3n) is 3.37. The van der Waals surface area contributed by atoms with Gasteiger partial charge in [0.05, 0.1) is 12.4 Å². The lowest BCUT2D eigenvalue weighted by atomic mass is 10.2. The van der Waals surface area contributed by atoms with Crippen molar-refractivity contribution in [2.24, 2.45) is 5.73 Å². The number of hydrogen-bond acceptors (Lipinski definition) is 6. The first-order valence-corrected chi connectivity index (χ1v) is 7.85. The maximum absolute atomic E-state index is 12.0. The van der Waals surface area contributed by atoms with Gasteiger partial charge in [-0.05, 0) is 13.8 Å². The fraction of sp³-hybridized carbons (Fsp3) is 0.909. The Morgan fingerprint density at radius 1 is 1.26 bits per heavy atom. The molecule has 0 radical (unpaired) electrons. The van der Waals surface area contributed by atoms with E-state index in [1.54, 1.807) is 13.8 Å². The van der Waals surface area contributed by atoms with E-state index in [0.29, 0.717) is 26.2 Å². The molecule has 0 aliphatic carbocycles. The summed E-state index contributed by atoms with van der Waals surface area (Å²) in [6.45, 7) is 5.25. The molecule has 1 aliphatic heterocycles. The van der Waals surface area contributed by atoms with Gasteiger partial charge in [-0.1, -0.05) is 0 Å². The van der Waals surface area contributed by atoms with Crippen LogP contribution in [0.2, 0.25) is 0 Å². The molecule has 2 N–H and O–H groups in total. The molecular weight excluding hydrogens is 270 g/mol. The van der Waals surface area contributed by atoms with Crippen LogP contribution in [0.1, 0.15) is 13.8 Å². The van der Waals surface area contributed by atoms with Gasteiger partial charge in [-0.3, -0.25) is 9.69 Å². The van der Waals surface area contributed by atoms with Crippen molar-refractivity contribution in [2.75, 3.05) is 39.8 Å². The summed E-state index contributed by atoms with van der Waals surface area (Å²) in [6.07, 6.45) is 0. The van der Waals surface area contributed by atoms with Gasteiger partial charge in [0.25, 0.3) is 0 Å². The monoisotopic (exact) mass is 293 g/mol.